The van der Waals surface area contributed by atoms with Gasteiger partial charge in [0.1, 0.15) is 11.7 Å². The second kappa shape index (κ2) is 11.4. The van der Waals surface area contributed by atoms with Crippen LogP contribution in [0.1, 0.15) is 53.1 Å². The molecular weight excluding hydrogens is 554 g/mol. The molecule has 42 heavy (non-hydrogen) atoms. The van der Waals surface area contributed by atoms with Crippen molar-refractivity contribution in [1.82, 2.24) is 4.90 Å². The molecule has 0 aromatic heterocycles. The number of esters is 1. The summed E-state index contributed by atoms with van der Waals surface area (Å²) in [6.07, 6.45) is 2.35. The molecule has 2 heterocycles. The van der Waals surface area contributed by atoms with Crippen LogP contribution < -0.4 is 8.91 Å². The smallest absolute Gasteiger partial charge is 0.318 e. The summed E-state index contributed by atoms with van der Waals surface area (Å²) >= 11 is -1.92. The van der Waals surface area contributed by atoms with Crippen LogP contribution >= 0.6 is 0 Å². The maximum Gasteiger partial charge on any atom is 0.318 e. The van der Waals surface area contributed by atoms with Crippen LogP contribution in [0.3, 0.4) is 0 Å². The van der Waals surface area contributed by atoms with Crippen LogP contribution in [0.15, 0.2) is 78.9 Å². The molecule has 214 valence electrons. The van der Waals surface area contributed by atoms with Gasteiger partial charge >= 0.3 is 17.2 Å². The van der Waals surface area contributed by atoms with E-state index < -0.39 is 28.8 Å². The van der Waals surface area contributed by atoms with Crippen molar-refractivity contribution in [2.24, 2.45) is 11.8 Å². The van der Waals surface area contributed by atoms with Crippen molar-refractivity contribution in [2.45, 2.75) is 37.2 Å². The number of likely N-dealkylation sites (tertiary alicyclic amines) is 1. The highest BCUT2D eigenvalue weighted by Crippen LogP contribution is 2.52. The fraction of sp³-hybridized carbons (Fsp3) is 0.312. The van der Waals surface area contributed by atoms with E-state index in [-0.39, 0.29) is 36.4 Å². The fourth-order valence-electron chi connectivity index (χ4n) is 5.98. The Balaban J connectivity index is 1.15. The van der Waals surface area contributed by atoms with Crippen molar-refractivity contribution in [3.63, 3.8) is 0 Å². The van der Waals surface area contributed by atoms with Crippen LogP contribution in [0, 0.1) is 23.2 Å². The molecule has 3 aromatic rings. The van der Waals surface area contributed by atoms with Crippen LogP contribution in [0.4, 0.5) is 5.69 Å². The van der Waals surface area contributed by atoms with Gasteiger partial charge < -0.3 is 13.8 Å². The maximum atomic E-state index is 13.9. The number of nitrogens with one attached hydrogen (secondary N) is 1. The van der Waals surface area contributed by atoms with Gasteiger partial charge in [0, 0.05) is 43.1 Å². The Kier molecular flexibility index (Phi) is 7.52. The number of nitrogens with zero attached hydrogens (tertiary/aromatic N) is 2. The standard InChI is InChI=1S/C32H29N3O6S/c33-20-21-9-13-26(14-10-21)41-42(39)34-25-8-4-7-24(19-25)27(22-11-12-22)28-29(36)32(40-31(28)38)15-17-35(18-16-32)30(37)23-5-2-1-3-6-23/h1-10,13-14,19,22,27-28,34H,11-12,15-18H2. The van der Waals surface area contributed by atoms with E-state index in [2.05, 4.69) is 4.72 Å². The first-order valence-electron chi connectivity index (χ1n) is 14.0. The molecule has 6 rings (SSSR count). The molecule has 1 saturated carbocycles. The number of hydrogen-bond donors (Lipinski definition) is 1. The van der Waals surface area contributed by atoms with E-state index in [1.54, 1.807) is 59.5 Å². The number of piperidine rings is 1. The van der Waals surface area contributed by atoms with Crippen molar-refractivity contribution >= 4 is 34.6 Å². The van der Waals surface area contributed by atoms with Gasteiger partial charge in [0.05, 0.1) is 11.6 Å². The summed E-state index contributed by atoms with van der Waals surface area (Å²) in [7, 11) is 0. The summed E-state index contributed by atoms with van der Waals surface area (Å²) in [6.45, 7) is 0.663. The van der Waals surface area contributed by atoms with E-state index in [9.17, 15) is 18.6 Å². The number of carbonyl (C=O) groups excluding carboxylic acids is 3. The number of amides is 1. The predicted molar refractivity (Wildman–Crippen MR) is 154 cm³/mol. The number of ether oxygens (including phenoxy) is 1. The molecule has 3 fully saturated rings. The van der Waals surface area contributed by atoms with Gasteiger partial charge in [0.2, 0.25) is 0 Å². The number of Topliss-reactive ketones (excluding diaryl/α,β-unsaturated/α-hetero) is 1. The highest BCUT2D eigenvalue weighted by molar-refractivity contribution is 7.81. The quantitative estimate of drug-likeness (QED) is 0.305. The zero-order valence-electron chi connectivity index (χ0n) is 22.7. The third-order valence-electron chi connectivity index (χ3n) is 8.28. The van der Waals surface area contributed by atoms with Crippen LogP contribution in [-0.2, 0) is 25.6 Å². The van der Waals surface area contributed by atoms with Gasteiger partial charge in [0.15, 0.2) is 11.4 Å². The third-order valence-corrected chi connectivity index (χ3v) is 9.02. The third kappa shape index (κ3) is 5.52. The first-order chi connectivity index (χ1) is 20.4. The number of nitriles is 1. The normalized spacial score (nSPS) is 20.8. The lowest BCUT2D eigenvalue weighted by molar-refractivity contribution is -0.156. The van der Waals surface area contributed by atoms with Crippen molar-refractivity contribution < 1.29 is 27.5 Å². The monoisotopic (exact) mass is 583 g/mol. The molecule has 2 aliphatic heterocycles. The van der Waals surface area contributed by atoms with Gasteiger partial charge in [-0.1, -0.05) is 30.3 Å². The summed E-state index contributed by atoms with van der Waals surface area (Å²) in [5, 5.41) is 8.95. The molecule has 3 aliphatic rings. The molecule has 1 aliphatic carbocycles. The van der Waals surface area contributed by atoms with Crippen LogP contribution in [0.2, 0.25) is 0 Å². The molecule has 0 radical (unpaired) electrons. The molecule has 3 unspecified atom stereocenters. The Bertz CT molecular complexity index is 1570. The van der Waals surface area contributed by atoms with E-state index in [1.807, 2.05) is 30.3 Å². The van der Waals surface area contributed by atoms with Crippen molar-refractivity contribution in [3.8, 4) is 11.8 Å². The van der Waals surface area contributed by atoms with Gasteiger partial charge in [0.25, 0.3) is 5.91 Å². The van der Waals surface area contributed by atoms with Gasteiger partial charge in [-0.05, 0) is 72.9 Å². The van der Waals surface area contributed by atoms with Crippen LogP contribution in [0.25, 0.3) is 0 Å². The van der Waals surface area contributed by atoms with Gasteiger partial charge in [-0.15, -0.1) is 0 Å². The number of benzene rings is 3. The molecule has 1 spiro atoms. The van der Waals surface area contributed by atoms with Gasteiger partial charge in [-0.3, -0.25) is 19.1 Å². The summed E-state index contributed by atoms with van der Waals surface area (Å²) in [5.74, 6) is -1.59. The molecule has 3 aromatic carbocycles. The highest BCUT2D eigenvalue weighted by atomic mass is 32.2. The maximum absolute atomic E-state index is 13.9. The summed E-state index contributed by atoms with van der Waals surface area (Å²) in [4.78, 5) is 41.9. The Morgan fingerprint density at radius 1 is 1.02 bits per heavy atom. The minimum Gasteiger partial charge on any atom is -0.450 e. The van der Waals surface area contributed by atoms with Crippen LogP contribution in [-0.4, -0.2) is 45.5 Å². The van der Waals surface area contributed by atoms with Crippen LogP contribution in [0.5, 0.6) is 5.75 Å². The van der Waals surface area contributed by atoms with E-state index in [4.69, 9.17) is 14.2 Å². The molecule has 1 N–H and O–H groups in total. The summed E-state index contributed by atoms with van der Waals surface area (Å²) in [5.41, 5.74) is 1.15. The molecule has 0 bridgehead atoms. The molecule has 9 nitrogen and oxygen atoms in total. The topological polar surface area (TPSA) is 126 Å². The first kappa shape index (κ1) is 27.7. The number of rotatable bonds is 8. The average Bonchev–Trinajstić information content (AvgIpc) is 3.82. The largest absolute Gasteiger partial charge is 0.450 e. The Morgan fingerprint density at radius 3 is 2.40 bits per heavy atom. The lowest BCUT2D eigenvalue weighted by atomic mass is 9.75. The second-order valence-corrected chi connectivity index (χ2v) is 11.8. The fourth-order valence-corrected chi connectivity index (χ4v) is 6.63. The number of ketones is 1. The Hall–Kier alpha value is -4.49. The highest BCUT2D eigenvalue weighted by Gasteiger charge is 2.60. The van der Waals surface area contributed by atoms with Gasteiger partial charge in [-0.25, -0.2) is 0 Å². The molecule has 10 heteroatoms. The lowest BCUT2D eigenvalue weighted by Gasteiger charge is -2.37. The summed E-state index contributed by atoms with van der Waals surface area (Å²) < 4.78 is 26.8. The van der Waals surface area contributed by atoms with Gasteiger partial charge in [-0.2, -0.15) is 9.47 Å². The predicted octanol–water partition coefficient (Wildman–Crippen LogP) is 4.54. The van der Waals surface area contributed by atoms with E-state index >= 15 is 0 Å². The lowest BCUT2D eigenvalue weighted by Crippen LogP contribution is -2.50. The zero-order valence-corrected chi connectivity index (χ0v) is 23.5. The molecular formula is C32H29N3O6S. The second-order valence-electron chi connectivity index (χ2n) is 11.0. The average molecular weight is 584 g/mol. The molecule has 2 saturated heterocycles. The Morgan fingerprint density at radius 2 is 1.74 bits per heavy atom. The van der Waals surface area contributed by atoms with Crippen molar-refractivity contribution in [1.29, 1.82) is 5.26 Å². The molecule has 3 atom stereocenters. The molecule has 1 amide bonds. The van der Waals surface area contributed by atoms with E-state index in [1.165, 1.54) is 0 Å². The Labute approximate surface area is 246 Å². The minimum atomic E-state index is -1.92. The first-order valence-corrected chi connectivity index (χ1v) is 15.0. The number of carbonyl (C=O) groups is 3. The van der Waals surface area contributed by atoms with Crippen molar-refractivity contribution in [3.05, 3.63) is 95.6 Å². The van der Waals surface area contributed by atoms with Crippen molar-refractivity contribution in [2.75, 3.05) is 17.8 Å². The van der Waals surface area contributed by atoms with E-state index in [0.717, 1.165) is 18.4 Å². The minimum absolute atomic E-state index is 0.0977. The number of hydrogen-bond acceptors (Lipinski definition) is 7. The summed E-state index contributed by atoms with van der Waals surface area (Å²) in [6, 6.07) is 24.5. The zero-order chi connectivity index (χ0) is 29.3. The number of anilines is 1. The SMILES string of the molecule is N#Cc1ccc(OS(=O)Nc2cccc(C(C3CC3)C3C(=O)OC4(CCN(C(=O)c5ccccc5)CC4)C3=O)c2)cc1. The van der Waals surface area contributed by atoms with E-state index in [0.29, 0.717) is 35.7 Å².